The van der Waals surface area contributed by atoms with Gasteiger partial charge in [0.25, 0.3) is 0 Å². The van der Waals surface area contributed by atoms with E-state index in [1.54, 1.807) is 7.11 Å². The van der Waals surface area contributed by atoms with E-state index in [-0.39, 0.29) is 23.2 Å². The van der Waals surface area contributed by atoms with Crippen molar-refractivity contribution in [1.82, 2.24) is 0 Å². The van der Waals surface area contributed by atoms with Crippen molar-refractivity contribution in [1.29, 1.82) is 5.41 Å². The van der Waals surface area contributed by atoms with Crippen molar-refractivity contribution in [2.45, 2.75) is 49.8 Å². The zero-order valence-electron chi connectivity index (χ0n) is 12.1. The summed E-state index contributed by atoms with van der Waals surface area (Å²) in [6.45, 7) is 2.00. The fraction of sp³-hybridized carbons (Fsp3) is 0.562. The van der Waals surface area contributed by atoms with Crippen LogP contribution in [0.2, 0.25) is 0 Å². The molecule has 0 saturated heterocycles. The number of hydrogen-bond donors (Lipinski definition) is 1. The molecule has 4 heteroatoms. The average molecular weight is 316 g/mol. The molecule has 0 aliphatic heterocycles. The smallest absolute Gasteiger partial charge is 0.180 e. The van der Waals surface area contributed by atoms with Crippen molar-refractivity contribution < 1.29 is 4.74 Å². The van der Waals surface area contributed by atoms with Crippen LogP contribution < -0.4 is 0 Å². The van der Waals surface area contributed by atoms with Gasteiger partial charge in [-0.2, -0.15) is 0 Å². The highest BCUT2D eigenvalue weighted by Crippen LogP contribution is 2.44. The zero-order chi connectivity index (χ0) is 13.9. The Morgan fingerprint density at radius 1 is 1.40 bits per heavy atom. The minimum absolute atomic E-state index is 0. The maximum absolute atomic E-state index is 7.87. The highest BCUT2D eigenvalue weighted by molar-refractivity contribution is 6.20. The summed E-state index contributed by atoms with van der Waals surface area (Å²) < 4.78 is 5.09. The van der Waals surface area contributed by atoms with Crippen molar-refractivity contribution in [2.75, 3.05) is 7.11 Å². The van der Waals surface area contributed by atoms with Gasteiger partial charge in [-0.25, -0.2) is 0 Å². The summed E-state index contributed by atoms with van der Waals surface area (Å²) in [5.74, 6) is 0.381. The lowest BCUT2D eigenvalue weighted by Crippen LogP contribution is -2.26. The number of benzene rings is 1. The maximum atomic E-state index is 7.87. The van der Waals surface area contributed by atoms with Gasteiger partial charge in [0.2, 0.25) is 0 Å². The fourth-order valence-electron chi connectivity index (χ4n) is 3.11. The third-order valence-corrected chi connectivity index (χ3v) is 4.52. The number of halogens is 2. The molecule has 0 amide bonds. The standard InChI is InChI=1S/C16H22ClNO.ClH/c1-12(17)13-6-5-7-14(10-13)16(8-3-4-9-16)11-15(18)19-2;/h5-7,10,12,18H,3-4,8-9,11H2,1-2H3;1H. The summed E-state index contributed by atoms with van der Waals surface area (Å²) in [5, 5.41) is 7.89. The molecule has 2 nitrogen and oxygen atoms in total. The number of hydrogen-bond acceptors (Lipinski definition) is 2. The van der Waals surface area contributed by atoms with E-state index in [1.807, 2.05) is 6.92 Å². The molecule has 1 aliphatic rings. The number of methoxy groups -OCH3 is 1. The van der Waals surface area contributed by atoms with Crippen molar-refractivity contribution in [3.63, 3.8) is 0 Å². The Kier molecular flexibility index (Phi) is 6.35. The van der Waals surface area contributed by atoms with Crippen molar-refractivity contribution in [3.05, 3.63) is 35.4 Å². The number of rotatable bonds is 4. The molecule has 2 rings (SSSR count). The Labute approximate surface area is 132 Å². The number of alkyl halides is 1. The van der Waals surface area contributed by atoms with Crippen LogP contribution in [0.3, 0.4) is 0 Å². The van der Waals surface area contributed by atoms with E-state index < -0.39 is 0 Å². The molecule has 1 fully saturated rings. The third-order valence-electron chi connectivity index (χ3n) is 4.26. The first-order valence-corrected chi connectivity index (χ1v) is 7.37. The maximum Gasteiger partial charge on any atom is 0.180 e. The monoisotopic (exact) mass is 315 g/mol. The molecule has 1 saturated carbocycles. The summed E-state index contributed by atoms with van der Waals surface area (Å²) in [7, 11) is 1.59. The van der Waals surface area contributed by atoms with Gasteiger partial charge in [-0.15, -0.1) is 24.0 Å². The molecule has 1 aliphatic carbocycles. The van der Waals surface area contributed by atoms with E-state index in [0.29, 0.717) is 12.3 Å². The van der Waals surface area contributed by atoms with Gasteiger partial charge in [0.15, 0.2) is 5.90 Å². The van der Waals surface area contributed by atoms with Crippen molar-refractivity contribution >= 4 is 29.9 Å². The van der Waals surface area contributed by atoms with Gasteiger partial charge in [0, 0.05) is 11.8 Å². The molecule has 112 valence electrons. The number of ether oxygens (including phenoxy) is 1. The summed E-state index contributed by atoms with van der Waals surface area (Å²) in [6.07, 6.45) is 5.44. The SMILES string of the molecule is COC(=N)CC1(c2cccc(C(C)Cl)c2)CCCC1.Cl. The molecule has 1 atom stereocenters. The molecule has 0 bridgehead atoms. The van der Waals surface area contributed by atoms with Gasteiger partial charge in [0.05, 0.1) is 12.5 Å². The van der Waals surface area contributed by atoms with Crippen LogP contribution in [0.25, 0.3) is 0 Å². The molecule has 1 N–H and O–H groups in total. The normalized spacial score (nSPS) is 18.1. The molecule has 0 aromatic heterocycles. The molecule has 0 spiro atoms. The van der Waals surface area contributed by atoms with Crippen LogP contribution in [0, 0.1) is 5.41 Å². The Balaban J connectivity index is 0.00000200. The third kappa shape index (κ3) is 3.67. The van der Waals surface area contributed by atoms with Gasteiger partial charge in [-0.3, -0.25) is 5.41 Å². The first-order chi connectivity index (χ1) is 9.07. The predicted octanol–water partition coefficient (Wildman–Crippen LogP) is 5.23. The Morgan fingerprint density at radius 2 is 2.05 bits per heavy atom. The summed E-state index contributed by atoms with van der Waals surface area (Å²) >= 11 is 6.19. The van der Waals surface area contributed by atoms with Crippen LogP contribution in [0.4, 0.5) is 0 Å². The van der Waals surface area contributed by atoms with E-state index in [9.17, 15) is 0 Å². The first kappa shape index (κ1) is 17.3. The second kappa shape index (κ2) is 7.33. The molecular weight excluding hydrogens is 293 g/mol. The lowest BCUT2D eigenvalue weighted by molar-refractivity contribution is 0.350. The lowest BCUT2D eigenvalue weighted by Gasteiger charge is -2.30. The lowest BCUT2D eigenvalue weighted by atomic mass is 9.75. The van der Waals surface area contributed by atoms with Gasteiger partial charge in [0.1, 0.15) is 0 Å². The van der Waals surface area contributed by atoms with E-state index in [1.165, 1.54) is 18.4 Å². The molecule has 1 aromatic carbocycles. The van der Waals surface area contributed by atoms with Crippen LogP contribution >= 0.6 is 24.0 Å². The van der Waals surface area contributed by atoms with E-state index >= 15 is 0 Å². The quantitative estimate of drug-likeness (QED) is 0.460. The second-order valence-electron chi connectivity index (χ2n) is 5.53. The van der Waals surface area contributed by atoms with E-state index in [0.717, 1.165) is 18.4 Å². The summed E-state index contributed by atoms with van der Waals surface area (Å²) in [4.78, 5) is 0. The molecule has 20 heavy (non-hydrogen) atoms. The average Bonchev–Trinajstić information content (AvgIpc) is 2.88. The fourth-order valence-corrected chi connectivity index (χ4v) is 3.25. The van der Waals surface area contributed by atoms with Crippen molar-refractivity contribution in [3.8, 4) is 0 Å². The highest BCUT2D eigenvalue weighted by atomic mass is 35.5. The minimum atomic E-state index is 0. The van der Waals surface area contributed by atoms with Crippen LogP contribution in [-0.2, 0) is 10.2 Å². The highest BCUT2D eigenvalue weighted by Gasteiger charge is 2.37. The summed E-state index contributed by atoms with van der Waals surface area (Å²) in [6, 6.07) is 8.55. The molecule has 1 unspecified atom stereocenters. The topological polar surface area (TPSA) is 33.1 Å². The molecule has 0 radical (unpaired) electrons. The Morgan fingerprint density at radius 3 is 2.60 bits per heavy atom. The zero-order valence-corrected chi connectivity index (χ0v) is 13.7. The Hall–Kier alpha value is -0.730. The van der Waals surface area contributed by atoms with Crippen LogP contribution in [0.5, 0.6) is 0 Å². The van der Waals surface area contributed by atoms with E-state index in [4.69, 9.17) is 21.7 Å². The van der Waals surface area contributed by atoms with Gasteiger partial charge >= 0.3 is 0 Å². The van der Waals surface area contributed by atoms with Crippen LogP contribution in [-0.4, -0.2) is 13.0 Å². The predicted molar refractivity (Wildman–Crippen MR) is 87.5 cm³/mol. The number of nitrogens with one attached hydrogen (secondary N) is 1. The van der Waals surface area contributed by atoms with Gasteiger partial charge in [-0.05, 0) is 30.9 Å². The minimum Gasteiger partial charge on any atom is -0.484 e. The van der Waals surface area contributed by atoms with Gasteiger partial charge in [-0.1, -0.05) is 37.1 Å². The molecule has 1 aromatic rings. The van der Waals surface area contributed by atoms with Crippen molar-refractivity contribution in [2.24, 2.45) is 0 Å². The first-order valence-electron chi connectivity index (χ1n) is 6.93. The van der Waals surface area contributed by atoms with Crippen LogP contribution in [0.15, 0.2) is 24.3 Å². The second-order valence-corrected chi connectivity index (χ2v) is 6.19. The van der Waals surface area contributed by atoms with Crippen LogP contribution in [0.1, 0.15) is 55.5 Å². The summed E-state index contributed by atoms with van der Waals surface area (Å²) in [5.41, 5.74) is 2.56. The Bertz CT molecular complexity index is 454. The molecular formula is C16H23Cl2NO. The van der Waals surface area contributed by atoms with E-state index in [2.05, 4.69) is 24.3 Å². The largest absolute Gasteiger partial charge is 0.484 e. The molecule has 0 heterocycles. The van der Waals surface area contributed by atoms with Gasteiger partial charge < -0.3 is 4.74 Å².